The molecule has 0 unspecified atom stereocenters. The van der Waals surface area contributed by atoms with E-state index >= 15 is 0 Å². The number of nitrogens with zero attached hydrogens (tertiary/aromatic N) is 2. The van der Waals surface area contributed by atoms with Gasteiger partial charge in [0.2, 0.25) is 0 Å². The molecule has 0 heterocycles. The van der Waals surface area contributed by atoms with Gasteiger partial charge in [-0.2, -0.15) is 5.26 Å². The van der Waals surface area contributed by atoms with Gasteiger partial charge >= 0.3 is 0 Å². The molecule has 0 spiro atoms. The van der Waals surface area contributed by atoms with Crippen LogP contribution in [0.1, 0.15) is 20.8 Å². The smallest absolute Gasteiger partial charge is 0.193 e. The van der Waals surface area contributed by atoms with Crippen LogP contribution in [0.2, 0.25) is 0 Å². The van der Waals surface area contributed by atoms with Crippen LogP contribution in [0.3, 0.4) is 0 Å². The summed E-state index contributed by atoms with van der Waals surface area (Å²) in [5.74, 6) is -0.0894. The molecule has 0 fully saturated rings. The van der Waals surface area contributed by atoms with Gasteiger partial charge in [-0.1, -0.05) is 0 Å². The Balaban J connectivity index is 6.01. The van der Waals surface area contributed by atoms with Gasteiger partial charge in [-0.25, -0.2) is 13.8 Å². The molecule has 0 aromatic heterocycles. The first-order valence-electron chi connectivity index (χ1n) is 5.16. The number of nitrogens with two attached hydrogens (primary N) is 1. The molecule has 4 N–H and O–H groups in total. The summed E-state index contributed by atoms with van der Waals surface area (Å²) in [4.78, 5) is 4.06. The molecule has 0 saturated carbocycles. The van der Waals surface area contributed by atoms with E-state index in [1.165, 1.54) is 0 Å². The lowest BCUT2D eigenvalue weighted by Crippen LogP contribution is -2.35. The molecule has 0 radical (unpaired) electrons. The molecule has 0 aliphatic carbocycles. The van der Waals surface area contributed by atoms with Crippen LogP contribution in [0, 0.1) is 11.3 Å². The Bertz CT molecular complexity index is 505. The average molecular weight is 273 g/mol. The molecule has 0 aromatic carbocycles. The summed E-state index contributed by atoms with van der Waals surface area (Å²) < 4.78 is 23.4. The van der Waals surface area contributed by atoms with E-state index in [2.05, 4.69) is 15.8 Å². The maximum atomic E-state index is 11.7. The lowest BCUT2D eigenvalue weighted by molar-refractivity contribution is 0.581. The molecule has 0 atom stereocenters. The minimum Gasteiger partial charge on any atom is -0.383 e. The number of nitrogens with one attached hydrogen (secondary N) is 2. The van der Waals surface area contributed by atoms with Crippen LogP contribution in [0.15, 0.2) is 16.4 Å². The zero-order valence-electron chi connectivity index (χ0n) is 11.2. The van der Waals surface area contributed by atoms with Gasteiger partial charge in [0.25, 0.3) is 0 Å². The summed E-state index contributed by atoms with van der Waals surface area (Å²) >= 11 is 0. The van der Waals surface area contributed by atoms with Crippen LogP contribution >= 0.6 is 0 Å². The molecule has 0 rings (SSSR count). The summed E-state index contributed by atoms with van der Waals surface area (Å²) in [7, 11) is -2.11. The predicted octanol–water partition coefficient (Wildman–Crippen LogP) is -0.354. The fourth-order valence-corrected chi connectivity index (χ4v) is 2.02. The molecule has 0 bridgehead atoms. The highest BCUT2D eigenvalue weighted by Gasteiger charge is 2.24. The number of nitriles is 1. The van der Waals surface area contributed by atoms with E-state index in [9.17, 15) is 8.42 Å². The van der Waals surface area contributed by atoms with Crippen molar-refractivity contribution < 1.29 is 8.42 Å². The second kappa shape index (κ2) is 5.84. The van der Waals surface area contributed by atoms with Crippen molar-refractivity contribution in [3.63, 3.8) is 0 Å². The van der Waals surface area contributed by atoms with Gasteiger partial charge in [0.1, 0.15) is 17.5 Å². The van der Waals surface area contributed by atoms with Crippen LogP contribution < -0.4 is 16.6 Å². The van der Waals surface area contributed by atoms with E-state index in [1.807, 2.05) is 0 Å². The fourth-order valence-electron chi connectivity index (χ4n) is 1.05. The van der Waals surface area contributed by atoms with Crippen molar-refractivity contribution in [1.82, 2.24) is 10.9 Å². The SMILES string of the molecule is CNN/C(N)=C(C#N)\C(=N/C(C)(C)C)S(C)(=O)=O. The maximum absolute atomic E-state index is 11.7. The molecular formula is C10H19N5O2S. The van der Waals surface area contributed by atoms with E-state index in [0.717, 1.165) is 6.26 Å². The van der Waals surface area contributed by atoms with Crippen molar-refractivity contribution in [1.29, 1.82) is 5.26 Å². The Morgan fingerprint density at radius 2 is 1.89 bits per heavy atom. The molecule has 102 valence electrons. The van der Waals surface area contributed by atoms with Crippen LogP contribution in [0.5, 0.6) is 0 Å². The van der Waals surface area contributed by atoms with Crippen molar-refractivity contribution in [2.45, 2.75) is 26.3 Å². The van der Waals surface area contributed by atoms with E-state index in [4.69, 9.17) is 11.0 Å². The number of hydrogen-bond donors (Lipinski definition) is 3. The van der Waals surface area contributed by atoms with Crippen LogP contribution in [0.25, 0.3) is 0 Å². The first kappa shape index (κ1) is 16.4. The zero-order valence-corrected chi connectivity index (χ0v) is 12.0. The summed E-state index contributed by atoms with van der Waals surface area (Å²) in [6, 6.07) is 1.76. The molecule has 8 heteroatoms. The highest BCUT2D eigenvalue weighted by atomic mass is 32.2. The Morgan fingerprint density at radius 3 is 2.17 bits per heavy atom. The van der Waals surface area contributed by atoms with Gasteiger partial charge < -0.3 is 11.2 Å². The molecule has 0 saturated heterocycles. The van der Waals surface area contributed by atoms with E-state index in [-0.39, 0.29) is 16.4 Å². The first-order chi connectivity index (χ1) is 8.03. The van der Waals surface area contributed by atoms with Crippen LogP contribution in [0.4, 0.5) is 0 Å². The average Bonchev–Trinajstić information content (AvgIpc) is 2.14. The Hall–Kier alpha value is -1.59. The van der Waals surface area contributed by atoms with Gasteiger partial charge in [-0.05, 0) is 20.8 Å². The number of sulfone groups is 1. The minimum absolute atomic E-state index is 0.0894. The second-order valence-electron chi connectivity index (χ2n) is 4.64. The Labute approximate surface area is 108 Å². The fraction of sp³-hybridized carbons (Fsp3) is 0.600. The summed E-state index contributed by atoms with van der Waals surface area (Å²) in [5.41, 5.74) is 9.74. The monoisotopic (exact) mass is 273 g/mol. The van der Waals surface area contributed by atoms with Crippen molar-refractivity contribution in [2.75, 3.05) is 13.3 Å². The summed E-state index contributed by atoms with van der Waals surface area (Å²) in [6.07, 6.45) is 0.988. The molecule has 0 aliphatic heterocycles. The Morgan fingerprint density at radius 1 is 1.39 bits per heavy atom. The van der Waals surface area contributed by atoms with Crippen LogP contribution in [-0.2, 0) is 9.84 Å². The number of hydrogen-bond acceptors (Lipinski definition) is 7. The summed E-state index contributed by atoms with van der Waals surface area (Å²) in [6.45, 7) is 5.19. The number of hydrazine groups is 1. The third-order valence-electron chi connectivity index (χ3n) is 1.64. The van der Waals surface area contributed by atoms with Crippen molar-refractivity contribution in [3.05, 3.63) is 11.4 Å². The molecule has 0 aliphatic rings. The number of aliphatic imine (C=N–C) groups is 1. The van der Waals surface area contributed by atoms with Gasteiger partial charge in [0.05, 0.1) is 5.54 Å². The largest absolute Gasteiger partial charge is 0.383 e. The lowest BCUT2D eigenvalue weighted by Gasteiger charge is -2.16. The normalized spacial score (nSPS) is 14.8. The third kappa shape index (κ3) is 5.16. The summed E-state index contributed by atoms with van der Waals surface area (Å²) in [5, 5.41) is 8.73. The topological polar surface area (TPSA) is 120 Å². The van der Waals surface area contributed by atoms with E-state index in [0.29, 0.717) is 0 Å². The van der Waals surface area contributed by atoms with Crippen molar-refractivity contribution >= 4 is 14.9 Å². The quantitative estimate of drug-likeness (QED) is 0.280. The first-order valence-corrected chi connectivity index (χ1v) is 7.05. The van der Waals surface area contributed by atoms with Gasteiger partial charge in [0.15, 0.2) is 14.9 Å². The standard InChI is InChI=1S/C10H19N5O2S/c1-10(2,3)14-9(18(5,16)17)7(6-11)8(12)15-13-4/h13,15H,12H2,1-5H3/b8-7-,14-9+. The van der Waals surface area contributed by atoms with Gasteiger partial charge in [-0.15, -0.1) is 0 Å². The molecule has 7 nitrogen and oxygen atoms in total. The van der Waals surface area contributed by atoms with Crippen molar-refractivity contribution in [2.24, 2.45) is 10.7 Å². The second-order valence-corrected chi connectivity index (χ2v) is 6.57. The maximum Gasteiger partial charge on any atom is 0.193 e. The van der Waals surface area contributed by atoms with Gasteiger partial charge in [0, 0.05) is 13.3 Å². The highest BCUT2D eigenvalue weighted by molar-refractivity contribution is 8.06. The highest BCUT2D eigenvalue weighted by Crippen LogP contribution is 2.14. The molecule has 0 amide bonds. The number of rotatable bonds is 3. The van der Waals surface area contributed by atoms with E-state index < -0.39 is 15.4 Å². The zero-order chi connectivity index (χ0) is 14.6. The molecule has 18 heavy (non-hydrogen) atoms. The minimum atomic E-state index is -3.65. The van der Waals surface area contributed by atoms with Gasteiger partial charge in [-0.3, -0.25) is 4.99 Å². The Kier molecular flexibility index (Phi) is 5.32. The predicted molar refractivity (Wildman–Crippen MR) is 71.1 cm³/mol. The van der Waals surface area contributed by atoms with E-state index in [1.54, 1.807) is 33.9 Å². The van der Waals surface area contributed by atoms with Crippen LogP contribution in [-0.4, -0.2) is 32.3 Å². The molecular weight excluding hydrogens is 254 g/mol. The third-order valence-corrected chi connectivity index (χ3v) is 2.64. The lowest BCUT2D eigenvalue weighted by atomic mass is 10.1. The van der Waals surface area contributed by atoms with Crippen molar-refractivity contribution in [3.8, 4) is 6.07 Å². The molecule has 0 aromatic rings.